The minimum absolute atomic E-state index is 0.432. The van der Waals surface area contributed by atoms with Gasteiger partial charge >= 0.3 is 0 Å². The van der Waals surface area contributed by atoms with E-state index >= 15 is 0 Å². The van der Waals surface area contributed by atoms with Gasteiger partial charge in [0.2, 0.25) is 0 Å². The Labute approximate surface area is 149 Å². The van der Waals surface area contributed by atoms with Crippen LogP contribution in [0.2, 0.25) is 0 Å². The minimum Gasteiger partial charge on any atom is -0.248 e. The van der Waals surface area contributed by atoms with Crippen LogP contribution < -0.4 is 5.23 Å². The lowest BCUT2D eigenvalue weighted by Crippen LogP contribution is -2.41. The quantitative estimate of drug-likeness (QED) is 0.539. The highest BCUT2D eigenvalue weighted by atomic mass is 127. The fraction of sp³-hybridized carbons (Fsp3) is 0.500. The van der Waals surface area contributed by atoms with Gasteiger partial charge in [-0.25, -0.2) is 19.3 Å². The van der Waals surface area contributed by atoms with Gasteiger partial charge in [0.25, 0.3) is 0 Å². The van der Waals surface area contributed by atoms with Crippen LogP contribution in [0.4, 0.5) is 5.69 Å². The third-order valence-corrected chi connectivity index (χ3v) is 5.10. The Morgan fingerprint density at radius 2 is 1.65 bits per heavy atom. The van der Waals surface area contributed by atoms with E-state index in [2.05, 4.69) is 32.7 Å². The van der Waals surface area contributed by atoms with E-state index in [0.717, 1.165) is 26.5 Å². The van der Waals surface area contributed by atoms with Crippen molar-refractivity contribution in [2.75, 3.05) is 5.23 Å². The van der Waals surface area contributed by atoms with Crippen LogP contribution in [0, 0.1) is 17.5 Å². The number of aromatic nitrogens is 3. The monoisotopic (exact) mass is 428 g/mol. The fourth-order valence-corrected chi connectivity index (χ4v) is 2.71. The highest BCUT2D eigenvalue weighted by molar-refractivity contribution is 14.1. The summed E-state index contributed by atoms with van der Waals surface area (Å²) in [6.07, 6.45) is 1.81. The van der Waals surface area contributed by atoms with Gasteiger partial charge in [0.15, 0.2) is 0 Å². The van der Waals surface area contributed by atoms with E-state index in [1.54, 1.807) is 0 Å². The lowest BCUT2D eigenvalue weighted by atomic mass is 9.90. The SMILES string of the molecule is Cc1nn(-c2ccc(I)nc2)c(C)c1N1OC(C)(C)C(C)(C)O1. The summed E-state index contributed by atoms with van der Waals surface area (Å²) in [7, 11) is 0. The molecule has 2 aromatic rings. The molecule has 124 valence electrons. The van der Waals surface area contributed by atoms with Gasteiger partial charge in [-0.2, -0.15) is 5.10 Å². The maximum Gasteiger partial charge on any atom is 0.139 e. The van der Waals surface area contributed by atoms with Crippen LogP contribution in [0.5, 0.6) is 0 Å². The third-order valence-electron chi connectivity index (χ3n) is 4.46. The number of anilines is 1. The van der Waals surface area contributed by atoms with Gasteiger partial charge in [-0.15, -0.1) is 5.23 Å². The van der Waals surface area contributed by atoms with Crippen molar-refractivity contribution < 1.29 is 9.68 Å². The molecule has 1 fully saturated rings. The molecule has 2 aromatic heterocycles. The van der Waals surface area contributed by atoms with Crippen molar-refractivity contribution in [1.82, 2.24) is 14.8 Å². The van der Waals surface area contributed by atoms with E-state index in [9.17, 15) is 0 Å². The molecule has 3 heterocycles. The van der Waals surface area contributed by atoms with Gasteiger partial charge in [0.05, 0.1) is 23.3 Å². The molecule has 1 aliphatic rings. The Morgan fingerprint density at radius 3 is 2.17 bits per heavy atom. The second-order valence-corrected chi connectivity index (χ2v) is 7.84. The lowest BCUT2D eigenvalue weighted by molar-refractivity contribution is -0.0278. The average Bonchev–Trinajstić information content (AvgIpc) is 2.84. The maximum atomic E-state index is 6.02. The average molecular weight is 428 g/mol. The molecule has 0 N–H and O–H groups in total. The normalized spacial score (nSPS) is 19.3. The molecule has 6 nitrogen and oxygen atoms in total. The Kier molecular flexibility index (Phi) is 3.93. The van der Waals surface area contributed by atoms with Crippen molar-refractivity contribution >= 4 is 28.3 Å². The van der Waals surface area contributed by atoms with Gasteiger partial charge in [0.1, 0.15) is 20.6 Å². The lowest BCUT2D eigenvalue weighted by Gasteiger charge is -2.26. The van der Waals surface area contributed by atoms with Crippen molar-refractivity contribution in [2.45, 2.75) is 52.7 Å². The Bertz CT molecular complexity index is 721. The van der Waals surface area contributed by atoms with Gasteiger partial charge in [-0.1, -0.05) is 0 Å². The molecule has 23 heavy (non-hydrogen) atoms. The molecule has 1 saturated heterocycles. The zero-order chi connectivity index (χ0) is 17.0. The molecule has 0 saturated carbocycles. The van der Waals surface area contributed by atoms with Crippen molar-refractivity contribution in [1.29, 1.82) is 0 Å². The molecule has 3 rings (SSSR count). The molecule has 0 amide bonds. The molecule has 0 spiro atoms. The van der Waals surface area contributed by atoms with Crippen molar-refractivity contribution in [2.24, 2.45) is 0 Å². The first-order valence-electron chi connectivity index (χ1n) is 7.49. The van der Waals surface area contributed by atoms with Crippen LogP contribution in [-0.4, -0.2) is 26.0 Å². The van der Waals surface area contributed by atoms with E-state index in [-0.39, 0.29) is 0 Å². The van der Waals surface area contributed by atoms with Crippen molar-refractivity contribution in [3.05, 3.63) is 33.4 Å². The molecule has 0 unspecified atom stereocenters. The Balaban J connectivity index is 2.01. The van der Waals surface area contributed by atoms with Crippen LogP contribution in [0.3, 0.4) is 0 Å². The third kappa shape index (κ3) is 2.74. The molecule has 0 radical (unpaired) electrons. The molecule has 0 atom stereocenters. The molecule has 7 heteroatoms. The molecule has 0 aromatic carbocycles. The summed E-state index contributed by atoms with van der Waals surface area (Å²) in [6, 6.07) is 3.96. The summed E-state index contributed by atoms with van der Waals surface area (Å²) < 4.78 is 2.81. The van der Waals surface area contributed by atoms with E-state index < -0.39 is 11.2 Å². The van der Waals surface area contributed by atoms with E-state index in [4.69, 9.17) is 9.68 Å². The first-order valence-corrected chi connectivity index (χ1v) is 8.57. The highest BCUT2D eigenvalue weighted by Crippen LogP contribution is 2.41. The van der Waals surface area contributed by atoms with Crippen LogP contribution >= 0.6 is 22.6 Å². The van der Waals surface area contributed by atoms with Crippen LogP contribution in [0.1, 0.15) is 39.1 Å². The van der Waals surface area contributed by atoms with E-state index in [0.29, 0.717) is 0 Å². The fourth-order valence-electron chi connectivity index (χ4n) is 2.39. The second-order valence-electron chi connectivity index (χ2n) is 6.73. The molecule has 0 bridgehead atoms. The van der Waals surface area contributed by atoms with Crippen LogP contribution in [-0.2, 0) is 9.68 Å². The Morgan fingerprint density at radius 1 is 1.04 bits per heavy atom. The van der Waals surface area contributed by atoms with Crippen molar-refractivity contribution in [3.8, 4) is 5.69 Å². The standard InChI is InChI=1S/C16H21IN4O2/c1-10-14(21-22-15(3,4)16(5,6)23-21)11(2)20(19-10)12-7-8-13(17)18-9-12/h7-9H,1-6H3. The summed E-state index contributed by atoms with van der Waals surface area (Å²) in [5.41, 5.74) is 2.67. The Hall–Kier alpha value is -1.19. The largest absolute Gasteiger partial charge is 0.248 e. The molecule has 1 aliphatic heterocycles. The zero-order valence-electron chi connectivity index (χ0n) is 14.2. The highest BCUT2D eigenvalue weighted by Gasteiger charge is 2.51. The second kappa shape index (κ2) is 5.42. The predicted octanol–water partition coefficient (Wildman–Crippen LogP) is 3.73. The summed E-state index contributed by atoms with van der Waals surface area (Å²) in [5, 5.41) is 6.13. The maximum absolute atomic E-state index is 6.02. The molecule has 0 aliphatic carbocycles. The topological polar surface area (TPSA) is 52.4 Å². The number of hydrogen-bond acceptors (Lipinski definition) is 5. The summed E-state index contributed by atoms with van der Waals surface area (Å²) in [6.45, 7) is 12.0. The van der Waals surface area contributed by atoms with Gasteiger partial charge in [0, 0.05) is 0 Å². The van der Waals surface area contributed by atoms with Gasteiger partial charge < -0.3 is 0 Å². The number of hydrogen-bond donors (Lipinski definition) is 0. The number of rotatable bonds is 2. The van der Waals surface area contributed by atoms with Gasteiger partial charge in [-0.05, 0) is 76.3 Å². The molecular weight excluding hydrogens is 407 g/mol. The zero-order valence-corrected chi connectivity index (χ0v) is 16.4. The first kappa shape index (κ1) is 16.7. The summed E-state index contributed by atoms with van der Waals surface area (Å²) in [5.74, 6) is 0. The van der Waals surface area contributed by atoms with Crippen molar-refractivity contribution in [3.63, 3.8) is 0 Å². The smallest absolute Gasteiger partial charge is 0.139 e. The summed E-state index contributed by atoms with van der Waals surface area (Å²) >= 11 is 2.19. The van der Waals surface area contributed by atoms with Crippen LogP contribution in [0.15, 0.2) is 18.3 Å². The van der Waals surface area contributed by atoms with Gasteiger partial charge in [-0.3, -0.25) is 0 Å². The number of nitrogens with zero attached hydrogens (tertiary/aromatic N) is 4. The first-order chi connectivity index (χ1) is 10.6. The minimum atomic E-state index is -0.432. The molecular formula is C16H21IN4O2. The van der Waals surface area contributed by atoms with E-state index in [1.807, 2.05) is 64.6 Å². The predicted molar refractivity (Wildman–Crippen MR) is 96.4 cm³/mol. The van der Waals surface area contributed by atoms with Crippen LogP contribution in [0.25, 0.3) is 5.69 Å². The number of aryl methyl sites for hydroxylation is 1. The summed E-state index contributed by atoms with van der Waals surface area (Å²) in [4.78, 5) is 16.4. The number of halogens is 1. The van der Waals surface area contributed by atoms with E-state index in [1.165, 1.54) is 5.23 Å². The number of pyridine rings is 1.